The fraction of sp³-hybridized carbons (Fsp3) is 0.105. The van der Waals surface area contributed by atoms with Crippen LogP contribution in [-0.2, 0) is 0 Å². The second-order valence-electron chi connectivity index (χ2n) is 5.40. The van der Waals surface area contributed by atoms with Crippen LogP contribution in [-0.4, -0.2) is 28.4 Å². The van der Waals surface area contributed by atoms with Gasteiger partial charge in [0.15, 0.2) is 11.5 Å². The molecule has 7 heteroatoms. The highest BCUT2D eigenvalue weighted by Gasteiger charge is 2.15. The van der Waals surface area contributed by atoms with E-state index in [9.17, 15) is 4.79 Å². The van der Waals surface area contributed by atoms with Gasteiger partial charge in [0.05, 0.1) is 11.9 Å². The zero-order valence-electron chi connectivity index (χ0n) is 14.4. The van der Waals surface area contributed by atoms with Gasteiger partial charge in [0.1, 0.15) is 0 Å². The molecule has 1 heterocycles. The molecule has 3 N–H and O–H groups in total. The zero-order valence-corrected chi connectivity index (χ0v) is 16.0. The molecule has 0 aliphatic carbocycles. The van der Waals surface area contributed by atoms with Crippen LogP contribution in [0, 0.1) is 0 Å². The maximum atomic E-state index is 12.6. The van der Waals surface area contributed by atoms with E-state index in [1.54, 1.807) is 29.7 Å². The van der Waals surface area contributed by atoms with E-state index in [2.05, 4.69) is 15.3 Å². The Morgan fingerprint density at radius 3 is 2.12 bits per heavy atom. The number of benzene rings is 2. The Hall–Kier alpha value is -2.51. The van der Waals surface area contributed by atoms with Crippen molar-refractivity contribution in [2.75, 3.05) is 23.6 Å². The molecule has 0 saturated carbocycles. The fourth-order valence-corrected chi connectivity index (χ4v) is 3.15. The summed E-state index contributed by atoms with van der Waals surface area (Å²) in [5.74, 6) is -0.276. The van der Waals surface area contributed by atoms with Crippen molar-refractivity contribution in [1.29, 1.82) is 0 Å². The Labute approximate surface area is 160 Å². The summed E-state index contributed by atoms with van der Waals surface area (Å²) in [6.45, 7) is 0. The van der Waals surface area contributed by atoms with Gasteiger partial charge in [-0.15, -0.1) is 23.5 Å². The number of carbonyl (C=O) groups is 1. The van der Waals surface area contributed by atoms with Crippen molar-refractivity contribution in [1.82, 2.24) is 9.97 Å². The standard InChI is InChI=1S/C19H18N4OS2/c1-25-14-7-3-12(4-8-14)16-11-21-18(20)17(23-16)19(24)22-13-5-9-15(26-2)10-6-13/h3-11H,1-2H3,(H2,20,21)(H,22,24). The average Bonchev–Trinajstić information content (AvgIpc) is 2.69. The van der Waals surface area contributed by atoms with E-state index in [0.717, 1.165) is 15.4 Å². The number of hydrogen-bond donors (Lipinski definition) is 2. The zero-order chi connectivity index (χ0) is 18.5. The predicted molar refractivity (Wildman–Crippen MR) is 110 cm³/mol. The molecule has 3 aromatic rings. The summed E-state index contributed by atoms with van der Waals surface area (Å²) in [6.07, 6.45) is 5.60. The molecule has 5 nitrogen and oxygen atoms in total. The van der Waals surface area contributed by atoms with Crippen molar-refractivity contribution >= 4 is 40.9 Å². The van der Waals surface area contributed by atoms with Gasteiger partial charge in [0.25, 0.3) is 5.91 Å². The van der Waals surface area contributed by atoms with E-state index in [1.807, 2.05) is 61.0 Å². The van der Waals surface area contributed by atoms with Gasteiger partial charge < -0.3 is 11.1 Å². The third-order valence-electron chi connectivity index (χ3n) is 3.75. The highest BCUT2D eigenvalue weighted by atomic mass is 32.2. The number of rotatable bonds is 5. The van der Waals surface area contributed by atoms with Gasteiger partial charge in [-0.2, -0.15) is 0 Å². The van der Waals surface area contributed by atoms with Crippen molar-refractivity contribution in [3.63, 3.8) is 0 Å². The summed E-state index contributed by atoms with van der Waals surface area (Å²) >= 11 is 3.31. The summed E-state index contributed by atoms with van der Waals surface area (Å²) in [5.41, 5.74) is 8.16. The van der Waals surface area contributed by atoms with Gasteiger partial charge in [-0.05, 0) is 48.9 Å². The van der Waals surface area contributed by atoms with Crippen LogP contribution in [0.25, 0.3) is 11.3 Å². The SMILES string of the molecule is CSc1ccc(NC(=O)c2nc(-c3ccc(SC)cc3)cnc2N)cc1. The van der Waals surface area contributed by atoms with Crippen LogP contribution in [0.15, 0.2) is 64.5 Å². The van der Waals surface area contributed by atoms with E-state index in [0.29, 0.717) is 11.4 Å². The molecule has 0 bridgehead atoms. The Morgan fingerprint density at radius 2 is 1.54 bits per heavy atom. The largest absolute Gasteiger partial charge is 0.382 e. The number of nitrogens with zero attached hydrogens (tertiary/aromatic N) is 2. The molecular formula is C19H18N4OS2. The number of hydrogen-bond acceptors (Lipinski definition) is 6. The maximum absolute atomic E-state index is 12.6. The maximum Gasteiger partial charge on any atom is 0.278 e. The lowest BCUT2D eigenvalue weighted by atomic mass is 10.1. The monoisotopic (exact) mass is 382 g/mol. The number of thioether (sulfide) groups is 2. The minimum atomic E-state index is -0.380. The number of aromatic nitrogens is 2. The normalized spacial score (nSPS) is 10.5. The molecule has 0 saturated heterocycles. The first-order chi connectivity index (χ1) is 12.6. The molecule has 26 heavy (non-hydrogen) atoms. The number of carbonyl (C=O) groups excluding carboxylic acids is 1. The molecule has 132 valence electrons. The number of nitrogens with two attached hydrogens (primary N) is 1. The fourth-order valence-electron chi connectivity index (χ4n) is 2.33. The van der Waals surface area contributed by atoms with E-state index in [-0.39, 0.29) is 17.4 Å². The van der Waals surface area contributed by atoms with Crippen molar-refractivity contribution in [2.24, 2.45) is 0 Å². The minimum absolute atomic E-state index is 0.104. The van der Waals surface area contributed by atoms with E-state index in [1.165, 1.54) is 0 Å². The molecule has 0 fully saturated rings. The number of amides is 1. The second-order valence-corrected chi connectivity index (χ2v) is 7.16. The Balaban J connectivity index is 1.84. The lowest BCUT2D eigenvalue weighted by Crippen LogP contribution is -2.17. The summed E-state index contributed by atoms with van der Waals surface area (Å²) in [5, 5.41) is 2.81. The summed E-state index contributed by atoms with van der Waals surface area (Å²) in [6, 6.07) is 15.5. The number of anilines is 2. The predicted octanol–water partition coefficient (Wildman–Crippen LogP) is 4.42. The third-order valence-corrected chi connectivity index (χ3v) is 5.24. The highest BCUT2D eigenvalue weighted by Crippen LogP contribution is 2.23. The second kappa shape index (κ2) is 8.25. The molecule has 0 spiro atoms. The smallest absolute Gasteiger partial charge is 0.278 e. The van der Waals surface area contributed by atoms with Crippen LogP contribution in [0.3, 0.4) is 0 Å². The summed E-state index contributed by atoms with van der Waals surface area (Å²) < 4.78 is 0. The summed E-state index contributed by atoms with van der Waals surface area (Å²) in [7, 11) is 0. The Kier molecular flexibility index (Phi) is 5.80. The van der Waals surface area contributed by atoms with E-state index < -0.39 is 0 Å². The Bertz CT molecular complexity index is 912. The first kappa shape index (κ1) is 18.3. The summed E-state index contributed by atoms with van der Waals surface area (Å²) in [4.78, 5) is 23.4. The number of nitrogen functional groups attached to an aromatic ring is 1. The molecule has 2 aromatic carbocycles. The van der Waals surface area contributed by atoms with E-state index in [4.69, 9.17) is 5.73 Å². The van der Waals surface area contributed by atoms with Crippen LogP contribution in [0.2, 0.25) is 0 Å². The quantitative estimate of drug-likeness (QED) is 0.636. The van der Waals surface area contributed by atoms with Crippen LogP contribution in [0.5, 0.6) is 0 Å². The molecular weight excluding hydrogens is 364 g/mol. The van der Waals surface area contributed by atoms with E-state index >= 15 is 0 Å². The molecule has 1 amide bonds. The van der Waals surface area contributed by atoms with Crippen molar-refractivity contribution in [2.45, 2.75) is 9.79 Å². The van der Waals surface area contributed by atoms with Crippen LogP contribution in [0.1, 0.15) is 10.5 Å². The molecule has 0 atom stereocenters. The molecule has 1 aromatic heterocycles. The topological polar surface area (TPSA) is 80.9 Å². The Morgan fingerprint density at radius 1 is 0.962 bits per heavy atom. The molecule has 3 rings (SSSR count). The molecule has 0 radical (unpaired) electrons. The van der Waals surface area contributed by atoms with Gasteiger partial charge in [-0.1, -0.05) is 12.1 Å². The van der Waals surface area contributed by atoms with Crippen molar-refractivity contribution in [3.8, 4) is 11.3 Å². The van der Waals surface area contributed by atoms with Gasteiger partial charge in [-0.3, -0.25) is 4.79 Å². The van der Waals surface area contributed by atoms with Gasteiger partial charge in [0.2, 0.25) is 0 Å². The lowest BCUT2D eigenvalue weighted by molar-refractivity contribution is 0.102. The number of nitrogens with one attached hydrogen (secondary N) is 1. The van der Waals surface area contributed by atoms with Gasteiger partial charge >= 0.3 is 0 Å². The third kappa shape index (κ3) is 4.17. The van der Waals surface area contributed by atoms with Gasteiger partial charge in [0, 0.05) is 21.0 Å². The van der Waals surface area contributed by atoms with Crippen LogP contribution in [0.4, 0.5) is 11.5 Å². The highest BCUT2D eigenvalue weighted by molar-refractivity contribution is 7.98. The molecule has 0 unspecified atom stereocenters. The van der Waals surface area contributed by atoms with Crippen molar-refractivity contribution in [3.05, 3.63) is 60.4 Å². The molecule has 0 aliphatic heterocycles. The lowest BCUT2D eigenvalue weighted by Gasteiger charge is -2.09. The van der Waals surface area contributed by atoms with Crippen molar-refractivity contribution < 1.29 is 4.79 Å². The first-order valence-corrected chi connectivity index (χ1v) is 10.3. The molecule has 0 aliphatic rings. The minimum Gasteiger partial charge on any atom is -0.382 e. The average molecular weight is 383 g/mol. The van der Waals surface area contributed by atoms with Gasteiger partial charge in [-0.25, -0.2) is 9.97 Å². The van der Waals surface area contributed by atoms with Crippen LogP contribution < -0.4 is 11.1 Å². The van der Waals surface area contributed by atoms with Crippen LogP contribution >= 0.6 is 23.5 Å². The first-order valence-electron chi connectivity index (χ1n) is 7.83.